The number of aryl methyl sites for hydroxylation is 2. The van der Waals surface area contributed by atoms with Crippen molar-refractivity contribution >= 4 is 0 Å². The van der Waals surface area contributed by atoms with Crippen molar-refractivity contribution in [2.45, 2.75) is 26.2 Å². The summed E-state index contributed by atoms with van der Waals surface area (Å²) < 4.78 is 5.21. The van der Waals surface area contributed by atoms with Crippen molar-refractivity contribution in [2.75, 3.05) is 13.7 Å². The monoisotopic (exact) mass is 194 g/mol. The second-order valence-electron chi connectivity index (χ2n) is 3.37. The van der Waals surface area contributed by atoms with Crippen LogP contribution < -0.4 is 4.74 Å². The summed E-state index contributed by atoms with van der Waals surface area (Å²) in [4.78, 5) is 0. The third-order valence-corrected chi connectivity index (χ3v) is 2.29. The topological polar surface area (TPSA) is 29.5 Å². The number of methoxy groups -OCH3 is 1. The molecule has 1 N–H and O–H groups in total. The lowest BCUT2D eigenvalue weighted by atomic mass is 10.0. The molecule has 0 aliphatic rings. The Morgan fingerprint density at radius 2 is 1.93 bits per heavy atom. The van der Waals surface area contributed by atoms with Crippen LogP contribution in [0.2, 0.25) is 0 Å². The first kappa shape index (κ1) is 11.1. The minimum absolute atomic E-state index is 0.249. The van der Waals surface area contributed by atoms with Gasteiger partial charge in [-0.25, -0.2) is 0 Å². The summed E-state index contributed by atoms with van der Waals surface area (Å²) in [6.07, 6.45) is 2.75. The highest BCUT2D eigenvalue weighted by Crippen LogP contribution is 2.18. The van der Waals surface area contributed by atoms with E-state index in [1.165, 1.54) is 11.1 Å². The van der Waals surface area contributed by atoms with Gasteiger partial charge < -0.3 is 9.84 Å². The predicted molar refractivity (Wildman–Crippen MR) is 57.8 cm³/mol. The smallest absolute Gasteiger partial charge is 0.119 e. The molecule has 0 spiro atoms. The summed E-state index contributed by atoms with van der Waals surface area (Å²) >= 11 is 0. The largest absolute Gasteiger partial charge is 0.497 e. The quantitative estimate of drug-likeness (QED) is 0.778. The lowest BCUT2D eigenvalue weighted by Crippen LogP contribution is -1.93. The molecule has 0 atom stereocenters. The van der Waals surface area contributed by atoms with Crippen molar-refractivity contribution in [3.63, 3.8) is 0 Å². The molecule has 0 aromatic heterocycles. The van der Waals surface area contributed by atoms with Crippen LogP contribution in [0.25, 0.3) is 0 Å². The Morgan fingerprint density at radius 3 is 2.50 bits per heavy atom. The van der Waals surface area contributed by atoms with Gasteiger partial charge in [0.25, 0.3) is 0 Å². The van der Waals surface area contributed by atoms with Gasteiger partial charge in [-0.2, -0.15) is 0 Å². The van der Waals surface area contributed by atoms with Gasteiger partial charge in [0.05, 0.1) is 7.11 Å². The molecule has 2 heteroatoms. The SMILES string of the molecule is CCc1cc(CCCO)cc(OC)c1. The highest BCUT2D eigenvalue weighted by Gasteiger charge is 1.99. The molecule has 0 radical (unpaired) electrons. The molecule has 2 nitrogen and oxygen atoms in total. The van der Waals surface area contributed by atoms with Gasteiger partial charge in [-0.3, -0.25) is 0 Å². The molecule has 0 fully saturated rings. The zero-order valence-electron chi connectivity index (χ0n) is 8.92. The minimum atomic E-state index is 0.249. The summed E-state index contributed by atoms with van der Waals surface area (Å²) in [7, 11) is 1.69. The van der Waals surface area contributed by atoms with E-state index in [4.69, 9.17) is 9.84 Å². The fourth-order valence-electron chi connectivity index (χ4n) is 1.48. The highest BCUT2D eigenvalue weighted by atomic mass is 16.5. The normalized spacial score (nSPS) is 10.2. The van der Waals surface area contributed by atoms with E-state index >= 15 is 0 Å². The molecular formula is C12H18O2. The summed E-state index contributed by atoms with van der Waals surface area (Å²) in [6, 6.07) is 6.27. The van der Waals surface area contributed by atoms with E-state index in [1.54, 1.807) is 7.11 Å². The number of aliphatic hydroxyl groups is 1. The van der Waals surface area contributed by atoms with Crippen LogP contribution in [0, 0.1) is 0 Å². The molecule has 14 heavy (non-hydrogen) atoms. The standard InChI is InChI=1S/C12H18O2/c1-3-10-7-11(5-4-6-13)9-12(8-10)14-2/h7-9,13H,3-6H2,1-2H3. The summed E-state index contributed by atoms with van der Waals surface area (Å²) in [5.41, 5.74) is 2.53. The maximum absolute atomic E-state index is 8.75. The van der Waals surface area contributed by atoms with Gasteiger partial charge in [-0.15, -0.1) is 0 Å². The third-order valence-electron chi connectivity index (χ3n) is 2.29. The number of ether oxygens (including phenoxy) is 1. The molecule has 0 amide bonds. The van der Waals surface area contributed by atoms with Crippen LogP contribution in [0.5, 0.6) is 5.75 Å². The van der Waals surface area contributed by atoms with E-state index in [2.05, 4.69) is 19.1 Å². The Bertz CT molecular complexity index is 259. The van der Waals surface area contributed by atoms with Crippen LogP contribution in [-0.2, 0) is 12.8 Å². The van der Waals surface area contributed by atoms with Crippen LogP contribution in [0.1, 0.15) is 24.5 Å². The Labute approximate surface area is 85.5 Å². The summed E-state index contributed by atoms with van der Waals surface area (Å²) in [5, 5.41) is 8.75. The second kappa shape index (κ2) is 5.66. The molecule has 0 saturated carbocycles. The van der Waals surface area contributed by atoms with E-state index in [0.717, 1.165) is 25.0 Å². The van der Waals surface area contributed by atoms with Crippen molar-refractivity contribution in [1.29, 1.82) is 0 Å². The van der Waals surface area contributed by atoms with E-state index in [0.29, 0.717) is 0 Å². The van der Waals surface area contributed by atoms with Gasteiger partial charge in [0, 0.05) is 6.61 Å². The average Bonchev–Trinajstić information content (AvgIpc) is 2.25. The van der Waals surface area contributed by atoms with Crippen molar-refractivity contribution in [3.8, 4) is 5.75 Å². The third kappa shape index (κ3) is 3.04. The van der Waals surface area contributed by atoms with Gasteiger partial charge in [-0.1, -0.05) is 13.0 Å². The Kier molecular flexibility index (Phi) is 4.47. The minimum Gasteiger partial charge on any atom is -0.497 e. The predicted octanol–water partition coefficient (Wildman–Crippen LogP) is 2.18. The Hall–Kier alpha value is -1.02. The zero-order chi connectivity index (χ0) is 10.4. The van der Waals surface area contributed by atoms with Crippen molar-refractivity contribution in [3.05, 3.63) is 29.3 Å². The average molecular weight is 194 g/mol. The van der Waals surface area contributed by atoms with Gasteiger partial charge in [0.2, 0.25) is 0 Å². The lowest BCUT2D eigenvalue weighted by Gasteiger charge is -2.07. The van der Waals surface area contributed by atoms with Gasteiger partial charge in [-0.05, 0) is 42.5 Å². The second-order valence-corrected chi connectivity index (χ2v) is 3.37. The Balaban J connectivity index is 2.81. The molecule has 1 aromatic carbocycles. The van der Waals surface area contributed by atoms with Crippen LogP contribution in [0.15, 0.2) is 18.2 Å². The summed E-state index contributed by atoms with van der Waals surface area (Å²) in [6.45, 7) is 2.38. The number of rotatable bonds is 5. The van der Waals surface area contributed by atoms with Crippen molar-refractivity contribution < 1.29 is 9.84 Å². The highest BCUT2D eigenvalue weighted by molar-refractivity contribution is 5.34. The maximum atomic E-state index is 8.75. The van der Waals surface area contributed by atoms with Crippen LogP contribution in [-0.4, -0.2) is 18.8 Å². The molecular weight excluding hydrogens is 176 g/mol. The number of hydrogen-bond acceptors (Lipinski definition) is 2. The van der Waals surface area contributed by atoms with Gasteiger partial charge in [0.1, 0.15) is 5.75 Å². The Morgan fingerprint density at radius 1 is 1.21 bits per heavy atom. The molecule has 0 saturated heterocycles. The van der Waals surface area contributed by atoms with E-state index < -0.39 is 0 Å². The van der Waals surface area contributed by atoms with Crippen LogP contribution >= 0.6 is 0 Å². The molecule has 0 heterocycles. The summed E-state index contributed by atoms with van der Waals surface area (Å²) in [5.74, 6) is 0.914. The fourth-order valence-corrected chi connectivity index (χ4v) is 1.48. The first-order valence-electron chi connectivity index (χ1n) is 5.07. The van der Waals surface area contributed by atoms with Gasteiger partial charge in [0.15, 0.2) is 0 Å². The molecule has 0 aliphatic heterocycles. The fraction of sp³-hybridized carbons (Fsp3) is 0.500. The van der Waals surface area contributed by atoms with Gasteiger partial charge >= 0.3 is 0 Å². The molecule has 0 bridgehead atoms. The first-order valence-corrected chi connectivity index (χ1v) is 5.07. The molecule has 1 aromatic rings. The molecule has 78 valence electrons. The van der Waals surface area contributed by atoms with E-state index in [9.17, 15) is 0 Å². The van der Waals surface area contributed by atoms with E-state index in [1.807, 2.05) is 6.07 Å². The molecule has 0 unspecified atom stereocenters. The zero-order valence-corrected chi connectivity index (χ0v) is 8.92. The maximum Gasteiger partial charge on any atom is 0.119 e. The molecule has 1 rings (SSSR count). The van der Waals surface area contributed by atoms with Crippen molar-refractivity contribution in [2.24, 2.45) is 0 Å². The lowest BCUT2D eigenvalue weighted by molar-refractivity contribution is 0.288. The number of hydrogen-bond donors (Lipinski definition) is 1. The number of benzene rings is 1. The van der Waals surface area contributed by atoms with Crippen LogP contribution in [0.3, 0.4) is 0 Å². The number of aliphatic hydroxyl groups excluding tert-OH is 1. The molecule has 0 aliphatic carbocycles. The van der Waals surface area contributed by atoms with Crippen molar-refractivity contribution in [1.82, 2.24) is 0 Å². The van der Waals surface area contributed by atoms with E-state index in [-0.39, 0.29) is 6.61 Å². The first-order chi connectivity index (χ1) is 6.80. The van der Waals surface area contributed by atoms with Crippen LogP contribution in [0.4, 0.5) is 0 Å².